The number of carbonyl (C=O) groups is 1. The smallest absolute Gasteiger partial charge is 0.251 e. The molecule has 0 aliphatic heterocycles. The predicted octanol–water partition coefficient (Wildman–Crippen LogP) is 3.72. The minimum atomic E-state index is -0.0208. The second-order valence-electron chi connectivity index (χ2n) is 6.41. The molecule has 3 N–H and O–H groups in total. The lowest BCUT2D eigenvalue weighted by Gasteiger charge is -2.29. The lowest BCUT2D eigenvalue weighted by molar-refractivity contribution is 0.0862. The topological polar surface area (TPSA) is 64.3 Å². The molecule has 130 valence electrons. The van der Waals surface area contributed by atoms with Crippen LogP contribution in [0, 0.1) is 12.3 Å². The number of aryl methyl sites for hydroxylation is 1. The van der Waals surface area contributed by atoms with Crippen LogP contribution >= 0.6 is 12.4 Å². The van der Waals surface area contributed by atoms with Crippen LogP contribution in [-0.2, 0) is 4.74 Å². The maximum absolute atomic E-state index is 12.4. The summed E-state index contributed by atoms with van der Waals surface area (Å²) >= 11 is 0. The molecule has 1 aliphatic carbocycles. The van der Waals surface area contributed by atoms with Gasteiger partial charge in [0.15, 0.2) is 0 Å². The van der Waals surface area contributed by atoms with E-state index >= 15 is 0 Å². The summed E-state index contributed by atoms with van der Waals surface area (Å²) in [4.78, 5) is 12.4. The number of nitrogens with one attached hydrogen (secondary N) is 1. The van der Waals surface area contributed by atoms with Crippen LogP contribution in [0.15, 0.2) is 18.2 Å². The molecule has 0 radical (unpaired) electrons. The number of anilines is 1. The van der Waals surface area contributed by atoms with Gasteiger partial charge in [0.25, 0.3) is 5.91 Å². The van der Waals surface area contributed by atoms with Crippen molar-refractivity contribution in [3.05, 3.63) is 29.3 Å². The third-order valence-corrected chi connectivity index (χ3v) is 4.78. The van der Waals surface area contributed by atoms with Crippen molar-refractivity contribution in [2.45, 2.75) is 46.0 Å². The van der Waals surface area contributed by atoms with Gasteiger partial charge in [-0.15, -0.1) is 12.4 Å². The van der Waals surface area contributed by atoms with Gasteiger partial charge in [-0.2, -0.15) is 0 Å². The number of ether oxygens (including phenoxy) is 1. The van der Waals surface area contributed by atoms with Crippen molar-refractivity contribution >= 4 is 24.0 Å². The Bertz CT molecular complexity index is 514. The third-order valence-electron chi connectivity index (χ3n) is 4.78. The van der Waals surface area contributed by atoms with Crippen LogP contribution in [0.3, 0.4) is 0 Å². The lowest BCUT2D eigenvalue weighted by Crippen LogP contribution is -2.37. The summed E-state index contributed by atoms with van der Waals surface area (Å²) in [7, 11) is 0. The first-order chi connectivity index (χ1) is 10.6. The Morgan fingerprint density at radius 1 is 1.35 bits per heavy atom. The van der Waals surface area contributed by atoms with E-state index in [9.17, 15) is 4.79 Å². The quantitative estimate of drug-likeness (QED) is 0.587. The minimum Gasteiger partial charge on any atom is -0.399 e. The van der Waals surface area contributed by atoms with E-state index in [1.807, 2.05) is 26.0 Å². The molecule has 1 fully saturated rings. The average molecular weight is 341 g/mol. The zero-order valence-electron chi connectivity index (χ0n) is 14.2. The van der Waals surface area contributed by atoms with Gasteiger partial charge in [-0.25, -0.2) is 0 Å². The molecule has 1 aromatic carbocycles. The molecule has 2 rings (SSSR count). The number of nitrogens with two attached hydrogens (primary N) is 1. The minimum absolute atomic E-state index is 0. The highest BCUT2D eigenvalue weighted by atomic mass is 35.5. The molecule has 1 aliphatic rings. The summed E-state index contributed by atoms with van der Waals surface area (Å²) in [5, 5.41) is 3.13. The van der Waals surface area contributed by atoms with E-state index in [1.54, 1.807) is 6.07 Å². The molecule has 0 spiro atoms. The summed E-state index contributed by atoms with van der Waals surface area (Å²) in [5.74, 6) is -0.0208. The molecule has 0 saturated heterocycles. The number of amides is 1. The first-order valence-corrected chi connectivity index (χ1v) is 8.28. The Labute approximate surface area is 145 Å². The monoisotopic (exact) mass is 340 g/mol. The van der Waals surface area contributed by atoms with E-state index in [1.165, 1.54) is 25.7 Å². The van der Waals surface area contributed by atoms with E-state index in [0.29, 0.717) is 11.3 Å². The van der Waals surface area contributed by atoms with Crippen molar-refractivity contribution in [2.24, 2.45) is 5.41 Å². The maximum Gasteiger partial charge on any atom is 0.251 e. The van der Waals surface area contributed by atoms with Crippen LogP contribution in [0.25, 0.3) is 0 Å². The molecule has 23 heavy (non-hydrogen) atoms. The first kappa shape index (κ1) is 19.8. The van der Waals surface area contributed by atoms with Gasteiger partial charge < -0.3 is 15.8 Å². The van der Waals surface area contributed by atoms with Crippen LogP contribution < -0.4 is 11.1 Å². The van der Waals surface area contributed by atoms with Crippen molar-refractivity contribution in [1.82, 2.24) is 5.32 Å². The Balaban J connectivity index is 0.00000264. The number of carbonyl (C=O) groups excluding carboxylic acids is 1. The van der Waals surface area contributed by atoms with Gasteiger partial charge in [-0.1, -0.05) is 18.9 Å². The van der Waals surface area contributed by atoms with E-state index < -0.39 is 0 Å². The highest BCUT2D eigenvalue weighted by Crippen LogP contribution is 2.40. The van der Waals surface area contributed by atoms with Crippen LogP contribution in [0.2, 0.25) is 0 Å². The number of hydrogen-bond acceptors (Lipinski definition) is 3. The third kappa shape index (κ3) is 5.40. The van der Waals surface area contributed by atoms with Crippen molar-refractivity contribution < 1.29 is 9.53 Å². The predicted molar refractivity (Wildman–Crippen MR) is 97.2 cm³/mol. The average Bonchev–Trinajstić information content (AvgIpc) is 2.97. The molecular weight excluding hydrogens is 312 g/mol. The maximum atomic E-state index is 12.4. The molecule has 0 aromatic heterocycles. The second kappa shape index (κ2) is 9.14. The van der Waals surface area contributed by atoms with E-state index in [-0.39, 0.29) is 23.7 Å². The van der Waals surface area contributed by atoms with Gasteiger partial charge in [0.2, 0.25) is 0 Å². The summed E-state index contributed by atoms with van der Waals surface area (Å²) in [5.41, 5.74) is 8.27. The molecule has 5 heteroatoms. The lowest BCUT2D eigenvalue weighted by atomic mass is 9.83. The first-order valence-electron chi connectivity index (χ1n) is 8.28. The number of nitrogen functional groups attached to an aromatic ring is 1. The highest BCUT2D eigenvalue weighted by molar-refractivity contribution is 5.96. The fourth-order valence-electron chi connectivity index (χ4n) is 3.32. The van der Waals surface area contributed by atoms with E-state index in [0.717, 1.165) is 31.7 Å². The molecular formula is C18H29ClN2O2. The summed E-state index contributed by atoms with van der Waals surface area (Å²) in [6, 6.07) is 5.48. The van der Waals surface area contributed by atoms with Gasteiger partial charge in [-0.3, -0.25) is 4.79 Å². The number of halogens is 1. The number of hydrogen-bond donors (Lipinski definition) is 2. The molecule has 0 bridgehead atoms. The SMILES string of the molecule is CCOCCC1(CNC(=O)c2cc(N)ccc2C)CCCC1.Cl. The molecule has 0 atom stereocenters. The fourth-order valence-corrected chi connectivity index (χ4v) is 3.32. The van der Waals surface area contributed by atoms with E-state index in [4.69, 9.17) is 10.5 Å². The van der Waals surface area contributed by atoms with Gasteiger partial charge in [0.05, 0.1) is 0 Å². The highest BCUT2D eigenvalue weighted by Gasteiger charge is 2.33. The second-order valence-corrected chi connectivity index (χ2v) is 6.41. The number of benzene rings is 1. The Morgan fingerprint density at radius 3 is 2.70 bits per heavy atom. The molecule has 1 aromatic rings. The van der Waals surface area contributed by atoms with Crippen LogP contribution in [0.4, 0.5) is 5.69 Å². The summed E-state index contributed by atoms with van der Waals surface area (Å²) in [6.45, 7) is 6.22. The van der Waals surface area contributed by atoms with Gasteiger partial charge in [0, 0.05) is 31.0 Å². The van der Waals surface area contributed by atoms with E-state index in [2.05, 4.69) is 5.32 Å². The Morgan fingerprint density at radius 2 is 2.04 bits per heavy atom. The fraction of sp³-hybridized carbons (Fsp3) is 0.611. The standard InChI is InChI=1S/C18H28N2O2.ClH/c1-3-22-11-10-18(8-4-5-9-18)13-20-17(21)16-12-15(19)7-6-14(16)2;/h6-7,12H,3-5,8-11,13,19H2,1-2H3,(H,20,21);1H. The Hall–Kier alpha value is -1.26. The zero-order valence-corrected chi connectivity index (χ0v) is 15.0. The molecule has 0 unspecified atom stereocenters. The van der Waals surface area contributed by atoms with Gasteiger partial charge in [0.1, 0.15) is 0 Å². The molecule has 1 saturated carbocycles. The molecule has 1 amide bonds. The summed E-state index contributed by atoms with van der Waals surface area (Å²) < 4.78 is 5.52. The van der Waals surface area contributed by atoms with Gasteiger partial charge in [-0.05, 0) is 56.2 Å². The normalized spacial score (nSPS) is 15.9. The molecule has 4 nitrogen and oxygen atoms in total. The summed E-state index contributed by atoms with van der Waals surface area (Å²) in [6.07, 6.45) is 5.88. The molecule has 0 heterocycles. The van der Waals surface area contributed by atoms with Crippen LogP contribution in [0.1, 0.15) is 54.9 Å². The zero-order chi connectivity index (χ0) is 16.0. The van der Waals surface area contributed by atoms with Crippen LogP contribution in [0.5, 0.6) is 0 Å². The van der Waals surface area contributed by atoms with Crippen molar-refractivity contribution in [2.75, 3.05) is 25.5 Å². The van der Waals surface area contributed by atoms with Crippen molar-refractivity contribution in [3.8, 4) is 0 Å². The number of rotatable bonds is 7. The van der Waals surface area contributed by atoms with Crippen LogP contribution in [-0.4, -0.2) is 25.7 Å². The Kier molecular flexibility index (Phi) is 7.86. The van der Waals surface area contributed by atoms with Gasteiger partial charge >= 0.3 is 0 Å². The van der Waals surface area contributed by atoms with Crippen molar-refractivity contribution in [3.63, 3.8) is 0 Å². The van der Waals surface area contributed by atoms with Crippen molar-refractivity contribution in [1.29, 1.82) is 0 Å². The largest absolute Gasteiger partial charge is 0.399 e.